The van der Waals surface area contributed by atoms with Crippen molar-refractivity contribution in [1.82, 2.24) is 0 Å². The fourth-order valence-corrected chi connectivity index (χ4v) is 30.4. The van der Waals surface area contributed by atoms with Crippen LogP contribution in [0.25, 0.3) is 0 Å². The van der Waals surface area contributed by atoms with Gasteiger partial charge in [0.2, 0.25) is 0 Å². The molecule has 0 aromatic heterocycles. The Morgan fingerprint density at radius 3 is 0.511 bits per heavy atom. The van der Waals surface area contributed by atoms with E-state index in [-0.39, 0.29) is 16.7 Å². The van der Waals surface area contributed by atoms with E-state index in [9.17, 15) is 0 Å². The summed E-state index contributed by atoms with van der Waals surface area (Å²) in [4.78, 5) is 50.9. The molecule has 0 saturated carbocycles. The van der Waals surface area contributed by atoms with Crippen LogP contribution in [0.5, 0.6) is 0 Å². The number of carbonyl (C=O) groups excluding carboxylic acids is 3. The van der Waals surface area contributed by atoms with E-state index in [1.54, 1.807) is 6.07 Å². The summed E-state index contributed by atoms with van der Waals surface area (Å²) in [5.41, 5.74) is -0.377. The number of carbonyl (C=O) groups is 3. The Hall–Kier alpha value is -10.4. The molecule has 438 valence electrons. The summed E-state index contributed by atoms with van der Waals surface area (Å²) in [5.74, 6) is -2.47. The first kappa shape index (κ1) is 58.6. The molecular weight excluding hydrogens is 1160 g/mol. The number of hydrogen-bond acceptors (Lipinski definition) is 6. The SMILES string of the molecule is O=C(OP(c1ccccc1)(c1ccccc1)(c1ccccc1)c1ccccc1)c1ccc(C(=O)OP(c2ccccc2)(c2ccccc2)(c2ccccc2)c2ccccc2)c(C(=O)OP(c2ccccc2)(c2ccccc2)(c2ccccc2)c2ccccc2)c1. The van der Waals surface area contributed by atoms with E-state index < -0.39 is 38.4 Å². The fourth-order valence-electron chi connectivity index (χ4n) is 13.5. The van der Waals surface area contributed by atoms with Gasteiger partial charge in [-0.1, -0.05) is 0 Å². The number of benzene rings is 13. The van der Waals surface area contributed by atoms with E-state index in [4.69, 9.17) is 13.6 Å². The second-order valence-electron chi connectivity index (χ2n) is 22.0. The summed E-state index contributed by atoms with van der Waals surface area (Å²) in [6.07, 6.45) is 0. The molecule has 0 spiro atoms. The van der Waals surface area contributed by atoms with Crippen molar-refractivity contribution in [3.63, 3.8) is 0 Å². The summed E-state index contributed by atoms with van der Waals surface area (Å²) in [5, 5.41) is 8.93. The van der Waals surface area contributed by atoms with E-state index in [0.29, 0.717) is 0 Å². The molecule has 13 aromatic rings. The Labute approximate surface area is 525 Å². The zero-order valence-corrected chi connectivity index (χ0v) is 51.8. The van der Waals surface area contributed by atoms with E-state index >= 15 is 14.4 Å². The molecule has 0 saturated heterocycles. The zero-order valence-electron chi connectivity index (χ0n) is 49.2. The minimum atomic E-state index is -4.86. The van der Waals surface area contributed by atoms with E-state index in [0.717, 1.165) is 63.7 Å². The van der Waals surface area contributed by atoms with E-state index in [1.165, 1.54) is 12.1 Å². The Balaban J connectivity index is 1.12. The van der Waals surface area contributed by atoms with Gasteiger partial charge in [-0.15, -0.1) is 0 Å². The van der Waals surface area contributed by atoms with Gasteiger partial charge in [0, 0.05) is 0 Å². The summed E-state index contributed by atoms with van der Waals surface area (Å²) >= 11 is 0. The van der Waals surface area contributed by atoms with Gasteiger partial charge in [-0.2, -0.15) is 0 Å². The molecule has 0 aliphatic heterocycles. The maximum atomic E-state index is 17.3. The van der Waals surface area contributed by atoms with E-state index in [2.05, 4.69) is 0 Å². The molecule has 0 aliphatic carbocycles. The van der Waals surface area contributed by atoms with Crippen LogP contribution in [0.15, 0.2) is 382 Å². The van der Waals surface area contributed by atoms with Crippen LogP contribution < -0.4 is 63.7 Å². The predicted molar refractivity (Wildman–Crippen MR) is 376 cm³/mol. The summed E-state index contributed by atoms with van der Waals surface area (Å²) in [6.45, 7) is -14.3. The molecule has 0 radical (unpaired) electrons. The Kier molecular flexibility index (Phi) is 15.8. The van der Waals surface area contributed by atoms with Gasteiger partial charge in [-0.3, -0.25) is 0 Å². The molecular formula is C81H63O6P3. The third-order valence-corrected chi connectivity index (χ3v) is 34.5. The third kappa shape index (κ3) is 9.02. The van der Waals surface area contributed by atoms with Crippen molar-refractivity contribution in [1.29, 1.82) is 0 Å². The minimum absolute atomic E-state index is 0.0138. The number of rotatable bonds is 18. The molecule has 9 heteroatoms. The molecule has 0 atom stereocenters. The molecule has 0 amide bonds. The van der Waals surface area contributed by atoms with Crippen LogP contribution in [-0.2, 0) is 13.6 Å². The summed E-state index contributed by atoms with van der Waals surface area (Å²) in [7, 11) is 0. The first-order chi connectivity index (χ1) is 44.3. The van der Waals surface area contributed by atoms with Gasteiger partial charge in [0.15, 0.2) is 0 Å². The first-order valence-electron chi connectivity index (χ1n) is 29.9. The van der Waals surface area contributed by atoms with Crippen molar-refractivity contribution in [2.75, 3.05) is 0 Å². The van der Waals surface area contributed by atoms with Crippen molar-refractivity contribution in [2.45, 2.75) is 0 Å². The monoisotopic (exact) mass is 1220 g/mol. The van der Waals surface area contributed by atoms with Crippen molar-refractivity contribution in [3.8, 4) is 0 Å². The van der Waals surface area contributed by atoms with Crippen molar-refractivity contribution >= 4 is 102 Å². The average Bonchev–Trinajstić information content (AvgIpc) is 0.699. The maximum absolute atomic E-state index is 17.3. The molecule has 0 N–H and O–H groups in total. The van der Waals surface area contributed by atoms with Gasteiger partial charge in [-0.25, -0.2) is 0 Å². The zero-order chi connectivity index (χ0) is 61.4. The molecule has 0 bridgehead atoms. The predicted octanol–water partition coefficient (Wildman–Crippen LogP) is 13.5. The normalized spacial score (nSPS) is 12.9. The van der Waals surface area contributed by atoms with Crippen LogP contribution in [0.3, 0.4) is 0 Å². The Morgan fingerprint density at radius 2 is 0.333 bits per heavy atom. The molecule has 0 heterocycles. The summed E-state index contributed by atoms with van der Waals surface area (Å²) in [6, 6.07) is 123. The first-order valence-corrected chi connectivity index (χ1v) is 36.3. The molecule has 6 nitrogen and oxygen atoms in total. The average molecular weight is 1230 g/mol. The van der Waals surface area contributed by atoms with Gasteiger partial charge in [-0.05, 0) is 0 Å². The molecule has 0 aliphatic rings. The van der Waals surface area contributed by atoms with Crippen LogP contribution >= 0.6 is 20.5 Å². The topological polar surface area (TPSA) is 78.9 Å². The Bertz CT molecular complexity index is 4110. The van der Waals surface area contributed by atoms with Crippen LogP contribution in [0.4, 0.5) is 0 Å². The van der Waals surface area contributed by atoms with Crippen molar-refractivity contribution in [3.05, 3.63) is 399 Å². The molecule has 90 heavy (non-hydrogen) atoms. The number of hydrogen-bond donors (Lipinski definition) is 0. The van der Waals surface area contributed by atoms with Gasteiger partial charge < -0.3 is 0 Å². The quantitative estimate of drug-likeness (QED) is 0.0797. The van der Waals surface area contributed by atoms with Gasteiger partial charge >= 0.3 is 529 Å². The van der Waals surface area contributed by atoms with Gasteiger partial charge in [0.05, 0.1) is 0 Å². The molecule has 0 fully saturated rings. The van der Waals surface area contributed by atoms with Crippen molar-refractivity contribution < 1.29 is 28.0 Å². The third-order valence-electron chi connectivity index (χ3n) is 17.5. The van der Waals surface area contributed by atoms with Crippen LogP contribution in [0.2, 0.25) is 0 Å². The second-order valence-corrected chi connectivity index (χ2v) is 35.0. The molecule has 13 rings (SSSR count). The van der Waals surface area contributed by atoms with Crippen LogP contribution in [-0.4, -0.2) is 17.9 Å². The molecule has 13 aromatic carbocycles. The van der Waals surface area contributed by atoms with Crippen LogP contribution in [0, 0.1) is 0 Å². The van der Waals surface area contributed by atoms with E-state index in [1.807, 2.05) is 364 Å². The Morgan fingerprint density at radius 1 is 0.178 bits per heavy atom. The van der Waals surface area contributed by atoms with Crippen LogP contribution in [0.1, 0.15) is 31.1 Å². The van der Waals surface area contributed by atoms with Gasteiger partial charge in [0.1, 0.15) is 0 Å². The van der Waals surface area contributed by atoms with Crippen molar-refractivity contribution in [2.24, 2.45) is 0 Å². The second kappa shape index (κ2) is 24.3. The summed E-state index contributed by atoms with van der Waals surface area (Å²) < 4.78 is 23.5. The fraction of sp³-hybridized carbons (Fsp3) is 0. The molecule has 0 unspecified atom stereocenters. The van der Waals surface area contributed by atoms with Gasteiger partial charge in [0.25, 0.3) is 0 Å². The standard InChI is InChI=1S/C81H63O6P3/c82-79(85-88(65-37-13-1-14-38-65,66-39-15-2-16-40-66,67-41-17-3-18-42-67)68-43-19-4-20-44-68)64-61-62-77(80(83)86-89(69-45-21-5-22-46-69,70-47-23-6-24-48-70,71-49-25-7-26-50-71)72-51-27-8-28-52-72)78(63-64)81(84)87-90(73-53-29-9-30-54-73,74-55-31-10-32-56-74,75-57-33-11-34-58-75)76-59-35-12-36-60-76/h1-63H.